The third kappa shape index (κ3) is 6.08. The van der Waals surface area contributed by atoms with Crippen LogP contribution in [0.25, 0.3) is 0 Å². The van der Waals surface area contributed by atoms with Gasteiger partial charge in [-0.05, 0) is 24.5 Å². The molecule has 0 aliphatic carbocycles. The van der Waals surface area contributed by atoms with Crippen molar-refractivity contribution in [1.29, 1.82) is 0 Å². The van der Waals surface area contributed by atoms with Crippen LogP contribution in [0, 0.1) is 5.92 Å². The van der Waals surface area contributed by atoms with E-state index >= 15 is 0 Å². The van der Waals surface area contributed by atoms with Gasteiger partial charge in [-0.25, -0.2) is 4.79 Å². The number of hydrogen-bond acceptors (Lipinski definition) is 4. The van der Waals surface area contributed by atoms with E-state index in [1.54, 1.807) is 6.07 Å². The summed E-state index contributed by atoms with van der Waals surface area (Å²) >= 11 is 0. The molecule has 6 nitrogen and oxygen atoms in total. The van der Waals surface area contributed by atoms with E-state index in [9.17, 15) is 9.90 Å². The summed E-state index contributed by atoms with van der Waals surface area (Å²) in [7, 11) is 0. The highest BCUT2D eigenvalue weighted by Crippen LogP contribution is 2.19. The van der Waals surface area contributed by atoms with E-state index in [4.69, 9.17) is 0 Å². The molecular formula is C15H26N4O2. The van der Waals surface area contributed by atoms with Crippen molar-refractivity contribution in [2.24, 2.45) is 5.92 Å². The monoisotopic (exact) mass is 294 g/mol. The molecule has 1 rings (SSSR count). The Morgan fingerprint density at radius 3 is 2.43 bits per heavy atom. The fourth-order valence-corrected chi connectivity index (χ4v) is 1.63. The zero-order chi connectivity index (χ0) is 16.0. The molecule has 2 amide bonds. The van der Waals surface area contributed by atoms with Gasteiger partial charge in [0, 0.05) is 12.0 Å². The van der Waals surface area contributed by atoms with Crippen LogP contribution in [0.15, 0.2) is 12.1 Å². The minimum atomic E-state index is -0.406. The number of hydrogen-bond donors (Lipinski definition) is 3. The van der Waals surface area contributed by atoms with Crippen LogP contribution in [0.1, 0.15) is 46.7 Å². The zero-order valence-corrected chi connectivity index (χ0v) is 13.5. The molecule has 0 fully saturated rings. The lowest BCUT2D eigenvalue weighted by atomic mass is 9.92. The molecule has 6 heteroatoms. The van der Waals surface area contributed by atoms with Gasteiger partial charge in [0.05, 0.1) is 11.8 Å². The number of aromatic nitrogens is 2. The van der Waals surface area contributed by atoms with Gasteiger partial charge in [-0.1, -0.05) is 34.6 Å². The molecule has 1 unspecified atom stereocenters. The van der Waals surface area contributed by atoms with E-state index in [1.807, 2.05) is 19.9 Å². The first-order valence-corrected chi connectivity index (χ1v) is 7.27. The quantitative estimate of drug-likeness (QED) is 0.777. The van der Waals surface area contributed by atoms with Crippen LogP contribution in [0.3, 0.4) is 0 Å². The summed E-state index contributed by atoms with van der Waals surface area (Å²) in [5.41, 5.74) is 0.800. The first-order valence-electron chi connectivity index (χ1n) is 7.27. The summed E-state index contributed by atoms with van der Waals surface area (Å²) in [5, 5.41) is 23.0. The highest BCUT2D eigenvalue weighted by molar-refractivity contribution is 5.87. The summed E-state index contributed by atoms with van der Waals surface area (Å²) in [6.07, 6.45) is 0.121. The fourth-order valence-electron chi connectivity index (χ4n) is 1.63. The Hall–Kier alpha value is -1.69. The van der Waals surface area contributed by atoms with Gasteiger partial charge in [0.25, 0.3) is 0 Å². The van der Waals surface area contributed by atoms with Crippen LogP contribution in [0.4, 0.5) is 10.6 Å². The zero-order valence-electron chi connectivity index (χ0n) is 13.5. The van der Waals surface area contributed by atoms with E-state index < -0.39 is 6.10 Å². The molecule has 0 bridgehead atoms. The summed E-state index contributed by atoms with van der Waals surface area (Å²) in [5.74, 6) is 0.593. The second kappa shape index (κ2) is 7.36. The largest absolute Gasteiger partial charge is 0.393 e. The average molecular weight is 294 g/mol. The van der Waals surface area contributed by atoms with Gasteiger partial charge in [0.2, 0.25) is 0 Å². The molecule has 3 N–H and O–H groups in total. The van der Waals surface area contributed by atoms with Gasteiger partial charge in [0.15, 0.2) is 5.82 Å². The van der Waals surface area contributed by atoms with Gasteiger partial charge in [-0.3, -0.25) is 5.32 Å². The molecule has 0 spiro atoms. The summed E-state index contributed by atoms with van der Waals surface area (Å²) in [4.78, 5) is 11.7. The average Bonchev–Trinajstić information content (AvgIpc) is 2.38. The fraction of sp³-hybridized carbons (Fsp3) is 0.667. The highest BCUT2D eigenvalue weighted by atomic mass is 16.3. The molecule has 0 saturated heterocycles. The molecule has 1 aromatic heterocycles. The molecule has 1 aromatic rings. The first-order chi connectivity index (χ1) is 9.70. The normalized spacial score (nSPS) is 13.1. The van der Waals surface area contributed by atoms with Crippen molar-refractivity contribution in [3.05, 3.63) is 17.8 Å². The van der Waals surface area contributed by atoms with E-state index in [2.05, 4.69) is 41.6 Å². The van der Waals surface area contributed by atoms with Gasteiger partial charge in [0.1, 0.15) is 0 Å². The topological polar surface area (TPSA) is 87.1 Å². The van der Waals surface area contributed by atoms with Crippen molar-refractivity contribution in [2.75, 3.05) is 11.9 Å². The molecule has 0 radical (unpaired) electrons. The van der Waals surface area contributed by atoms with Crippen LogP contribution < -0.4 is 10.6 Å². The molecule has 0 saturated carbocycles. The van der Waals surface area contributed by atoms with Crippen LogP contribution in [-0.2, 0) is 5.41 Å². The maximum absolute atomic E-state index is 11.7. The summed E-state index contributed by atoms with van der Waals surface area (Å²) in [6, 6.07) is 3.24. The van der Waals surface area contributed by atoms with Crippen LogP contribution in [-0.4, -0.2) is 34.0 Å². The van der Waals surface area contributed by atoms with Gasteiger partial charge in [-0.15, -0.1) is 5.10 Å². The number of nitrogens with zero attached hydrogens (tertiary/aromatic N) is 2. The Morgan fingerprint density at radius 1 is 1.29 bits per heavy atom. The van der Waals surface area contributed by atoms with Gasteiger partial charge < -0.3 is 10.4 Å². The number of anilines is 1. The van der Waals surface area contributed by atoms with E-state index in [-0.39, 0.29) is 17.4 Å². The van der Waals surface area contributed by atoms with Gasteiger partial charge >= 0.3 is 6.03 Å². The maximum atomic E-state index is 11.7. The third-order valence-corrected chi connectivity index (χ3v) is 3.17. The van der Waals surface area contributed by atoms with Crippen LogP contribution >= 0.6 is 0 Å². The number of carbonyl (C=O) groups is 1. The Morgan fingerprint density at radius 2 is 1.95 bits per heavy atom. The van der Waals surface area contributed by atoms with Crippen LogP contribution in [0.5, 0.6) is 0 Å². The molecule has 0 aliphatic rings. The summed E-state index contributed by atoms with van der Waals surface area (Å²) < 4.78 is 0. The predicted molar refractivity (Wildman–Crippen MR) is 83.2 cm³/mol. The molecule has 21 heavy (non-hydrogen) atoms. The number of nitrogens with one attached hydrogen (secondary N) is 2. The Bertz CT molecular complexity index is 452. The first kappa shape index (κ1) is 17.4. The molecule has 0 aliphatic heterocycles. The van der Waals surface area contributed by atoms with Crippen molar-refractivity contribution in [2.45, 2.75) is 52.6 Å². The third-order valence-electron chi connectivity index (χ3n) is 3.17. The molecular weight excluding hydrogens is 268 g/mol. The van der Waals surface area contributed by atoms with E-state index in [1.165, 1.54) is 0 Å². The number of aliphatic hydroxyl groups is 1. The van der Waals surface area contributed by atoms with Crippen molar-refractivity contribution < 1.29 is 9.90 Å². The second-order valence-electron chi connectivity index (χ2n) is 6.53. The number of aliphatic hydroxyl groups excluding tert-OH is 1. The van der Waals surface area contributed by atoms with Crippen molar-refractivity contribution in [3.63, 3.8) is 0 Å². The van der Waals surface area contributed by atoms with Crippen molar-refractivity contribution >= 4 is 11.8 Å². The molecule has 118 valence electrons. The Labute approximate surface area is 126 Å². The highest BCUT2D eigenvalue weighted by Gasteiger charge is 2.16. The predicted octanol–water partition coefficient (Wildman–Crippen LogP) is 2.30. The summed E-state index contributed by atoms with van der Waals surface area (Å²) in [6.45, 7) is 10.5. The van der Waals surface area contributed by atoms with Crippen molar-refractivity contribution in [3.8, 4) is 0 Å². The lowest BCUT2D eigenvalue weighted by Crippen LogP contribution is -2.32. The SMILES string of the molecule is CC(C)C(O)CCNC(=O)Nc1ccc(C(C)(C)C)nn1. The lowest BCUT2D eigenvalue weighted by molar-refractivity contribution is 0.117. The van der Waals surface area contributed by atoms with E-state index in [0.717, 1.165) is 5.69 Å². The molecule has 0 aromatic carbocycles. The Kier molecular flexibility index (Phi) is 6.08. The minimum Gasteiger partial charge on any atom is -0.393 e. The van der Waals surface area contributed by atoms with E-state index in [0.29, 0.717) is 18.8 Å². The van der Waals surface area contributed by atoms with Crippen LogP contribution in [0.2, 0.25) is 0 Å². The van der Waals surface area contributed by atoms with Crippen molar-refractivity contribution in [1.82, 2.24) is 15.5 Å². The number of amides is 2. The maximum Gasteiger partial charge on any atom is 0.320 e. The number of carbonyl (C=O) groups excluding carboxylic acids is 1. The second-order valence-corrected chi connectivity index (χ2v) is 6.53. The number of urea groups is 1. The van der Waals surface area contributed by atoms with Gasteiger partial charge in [-0.2, -0.15) is 5.10 Å². The minimum absolute atomic E-state index is 0.0687. The lowest BCUT2D eigenvalue weighted by Gasteiger charge is -2.17. The molecule has 1 atom stereocenters. The standard InChI is InChI=1S/C15H26N4O2/c1-10(2)11(20)8-9-16-14(21)17-13-7-6-12(18-19-13)15(3,4)5/h6-7,10-11,20H,8-9H2,1-5H3,(H2,16,17,19,21). The Balaban J connectivity index is 2.41. The number of rotatable bonds is 5. The molecule has 1 heterocycles. The smallest absolute Gasteiger partial charge is 0.320 e.